The van der Waals surface area contributed by atoms with Gasteiger partial charge in [0.2, 0.25) is 5.91 Å². The topological polar surface area (TPSA) is 96.5 Å². The third kappa shape index (κ3) is 8.33. The van der Waals surface area contributed by atoms with E-state index in [4.69, 9.17) is 4.74 Å². The molecule has 0 fully saturated rings. The first-order chi connectivity index (χ1) is 19.8. The Morgan fingerprint density at radius 3 is 2.20 bits per heavy atom. The summed E-state index contributed by atoms with van der Waals surface area (Å²) in [6.45, 7) is 1.83. The average Bonchev–Trinajstić information content (AvgIpc) is 2.99. The van der Waals surface area contributed by atoms with E-state index in [0.717, 1.165) is 9.37 Å². The Bertz CT molecular complexity index is 1560. The summed E-state index contributed by atoms with van der Waals surface area (Å²) < 4.78 is 6.22. The number of thioether (sulfide) groups is 1. The Hall–Kier alpha value is -4.34. The minimum atomic E-state index is -0.498. The van der Waals surface area contributed by atoms with Gasteiger partial charge in [-0.15, -0.1) is 11.8 Å². The van der Waals surface area contributed by atoms with E-state index in [1.165, 1.54) is 11.8 Å². The summed E-state index contributed by atoms with van der Waals surface area (Å²) in [5, 5.41) is 8.14. The molecule has 0 radical (unpaired) electrons. The number of methoxy groups -OCH3 is 1. The van der Waals surface area contributed by atoms with Crippen LogP contribution in [0.25, 0.3) is 6.08 Å². The van der Waals surface area contributed by atoms with Crippen molar-refractivity contribution in [2.45, 2.75) is 17.1 Å². The number of rotatable bonds is 10. The molecule has 1 unspecified atom stereocenters. The average molecular weight is 631 g/mol. The molecule has 0 aromatic heterocycles. The Morgan fingerprint density at radius 2 is 1.49 bits per heavy atom. The van der Waals surface area contributed by atoms with Crippen molar-refractivity contribution >= 4 is 62.9 Å². The van der Waals surface area contributed by atoms with Crippen molar-refractivity contribution in [3.63, 3.8) is 0 Å². The first-order valence-corrected chi connectivity index (χ1v) is 14.4. The van der Waals surface area contributed by atoms with Crippen molar-refractivity contribution in [2.75, 3.05) is 17.7 Å². The van der Waals surface area contributed by atoms with E-state index in [1.807, 2.05) is 61.5 Å². The number of benzene rings is 4. The van der Waals surface area contributed by atoms with E-state index in [9.17, 15) is 14.4 Å². The number of nitrogens with one attached hydrogen (secondary N) is 3. The van der Waals surface area contributed by atoms with Crippen LogP contribution in [0.1, 0.15) is 22.8 Å². The summed E-state index contributed by atoms with van der Waals surface area (Å²) >= 11 is 4.84. The molecule has 208 valence electrons. The highest BCUT2D eigenvalue weighted by molar-refractivity contribution is 9.10. The highest BCUT2D eigenvalue weighted by atomic mass is 79.9. The van der Waals surface area contributed by atoms with E-state index >= 15 is 0 Å². The lowest BCUT2D eigenvalue weighted by atomic mass is 10.1. The molecule has 3 N–H and O–H groups in total. The smallest absolute Gasteiger partial charge is 0.272 e. The van der Waals surface area contributed by atoms with Gasteiger partial charge in [-0.3, -0.25) is 14.4 Å². The van der Waals surface area contributed by atoms with Crippen molar-refractivity contribution in [3.05, 3.63) is 124 Å². The lowest BCUT2D eigenvalue weighted by Gasteiger charge is -2.14. The Morgan fingerprint density at radius 1 is 0.829 bits per heavy atom. The first-order valence-electron chi connectivity index (χ1n) is 12.7. The maximum Gasteiger partial charge on any atom is 0.272 e. The van der Waals surface area contributed by atoms with Gasteiger partial charge < -0.3 is 20.7 Å². The Balaban J connectivity index is 1.46. The second-order valence-electron chi connectivity index (χ2n) is 8.83. The van der Waals surface area contributed by atoms with E-state index in [2.05, 4.69) is 31.9 Å². The van der Waals surface area contributed by atoms with E-state index in [1.54, 1.807) is 61.7 Å². The molecule has 1 atom stereocenters. The number of para-hydroxylation sites is 2. The zero-order valence-electron chi connectivity index (χ0n) is 22.4. The molecule has 4 aromatic rings. The van der Waals surface area contributed by atoms with Crippen LogP contribution in [0.2, 0.25) is 0 Å². The normalized spacial score (nSPS) is 11.7. The van der Waals surface area contributed by atoms with Gasteiger partial charge in [-0.05, 0) is 83.5 Å². The standard InChI is InChI=1S/C32H28BrN3O4S/c1-21(30(37)35-27-14-8-7-13-26(27)33)41-25-18-16-24(17-19-25)34-32(39)28(20-23-12-6-9-15-29(23)40-2)36-31(38)22-10-4-3-5-11-22/h3-21H,1-2H3,(H,34,39)(H,35,37)(H,36,38)/b28-20-. The number of halogens is 1. The van der Waals surface area contributed by atoms with Crippen LogP contribution in [-0.4, -0.2) is 30.1 Å². The summed E-state index contributed by atoms with van der Waals surface area (Å²) in [4.78, 5) is 39.8. The van der Waals surface area contributed by atoms with Crippen LogP contribution in [0.15, 0.2) is 118 Å². The summed E-state index contributed by atoms with van der Waals surface area (Å²) in [5.41, 5.74) is 2.35. The summed E-state index contributed by atoms with van der Waals surface area (Å²) in [6.07, 6.45) is 1.57. The van der Waals surface area contributed by atoms with Gasteiger partial charge in [0.05, 0.1) is 18.0 Å². The maximum absolute atomic E-state index is 13.3. The molecule has 0 aliphatic rings. The highest BCUT2D eigenvalue weighted by Gasteiger charge is 2.18. The largest absolute Gasteiger partial charge is 0.496 e. The number of anilines is 2. The predicted molar refractivity (Wildman–Crippen MR) is 168 cm³/mol. The summed E-state index contributed by atoms with van der Waals surface area (Å²) in [7, 11) is 1.54. The Kier molecular flexibility index (Phi) is 10.4. The molecule has 41 heavy (non-hydrogen) atoms. The number of ether oxygens (including phenoxy) is 1. The molecule has 9 heteroatoms. The van der Waals surface area contributed by atoms with Crippen LogP contribution >= 0.6 is 27.7 Å². The van der Waals surface area contributed by atoms with E-state index in [0.29, 0.717) is 28.3 Å². The molecule has 0 aliphatic heterocycles. The quantitative estimate of drug-likeness (QED) is 0.130. The number of hydrogen-bond acceptors (Lipinski definition) is 5. The van der Waals surface area contributed by atoms with Crippen molar-refractivity contribution in [3.8, 4) is 5.75 Å². The van der Waals surface area contributed by atoms with Gasteiger partial charge in [-0.1, -0.05) is 48.5 Å². The van der Waals surface area contributed by atoms with Crippen molar-refractivity contribution in [2.24, 2.45) is 0 Å². The molecule has 4 rings (SSSR count). The fourth-order valence-electron chi connectivity index (χ4n) is 3.75. The lowest BCUT2D eigenvalue weighted by Crippen LogP contribution is -2.30. The molecule has 0 aliphatic carbocycles. The van der Waals surface area contributed by atoms with Crippen LogP contribution in [0.4, 0.5) is 11.4 Å². The molecule has 0 spiro atoms. The predicted octanol–water partition coefficient (Wildman–Crippen LogP) is 6.99. The zero-order chi connectivity index (χ0) is 29.2. The molecule has 0 saturated carbocycles. The van der Waals surface area contributed by atoms with Crippen molar-refractivity contribution in [1.82, 2.24) is 5.32 Å². The van der Waals surface area contributed by atoms with E-state index in [-0.39, 0.29) is 16.9 Å². The third-order valence-electron chi connectivity index (χ3n) is 5.89. The second kappa shape index (κ2) is 14.3. The Labute approximate surface area is 251 Å². The number of carbonyl (C=O) groups is 3. The zero-order valence-corrected chi connectivity index (χ0v) is 24.8. The molecule has 3 amide bonds. The van der Waals surface area contributed by atoms with Crippen LogP contribution in [0.3, 0.4) is 0 Å². The van der Waals surface area contributed by atoms with Crippen LogP contribution < -0.4 is 20.7 Å². The van der Waals surface area contributed by atoms with Gasteiger partial charge >= 0.3 is 0 Å². The number of carbonyl (C=O) groups excluding carboxylic acids is 3. The first kappa shape index (κ1) is 29.6. The van der Waals surface area contributed by atoms with Gasteiger partial charge in [-0.2, -0.15) is 0 Å². The molecule has 0 saturated heterocycles. The third-order valence-corrected chi connectivity index (χ3v) is 7.70. The van der Waals surface area contributed by atoms with Crippen molar-refractivity contribution < 1.29 is 19.1 Å². The summed E-state index contributed by atoms with van der Waals surface area (Å²) in [6, 6.07) is 30.5. The van der Waals surface area contributed by atoms with E-state index < -0.39 is 11.8 Å². The van der Waals surface area contributed by atoms with Gasteiger partial charge in [0.1, 0.15) is 11.4 Å². The molecule has 0 heterocycles. The van der Waals surface area contributed by atoms with Gasteiger partial charge in [-0.25, -0.2) is 0 Å². The van der Waals surface area contributed by atoms with Crippen LogP contribution in [-0.2, 0) is 9.59 Å². The monoisotopic (exact) mass is 629 g/mol. The molecule has 4 aromatic carbocycles. The minimum absolute atomic E-state index is 0.0548. The number of hydrogen-bond donors (Lipinski definition) is 3. The summed E-state index contributed by atoms with van der Waals surface area (Å²) in [5.74, 6) is -0.476. The molecule has 7 nitrogen and oxygen atoms in total. The van der Waals surface area contributed by atoms with Crippen LogP contribution in [0.5, 0.6) is 5.75 Å². The molecular formula is C32H28BrN3O4S. The fraction of sp³-hybridized carbons (Fsp3) is 0.0938. The van der Waals surface area contributed by atoms with Gasteiger partial charge in [0.15, 0.2) is 0 Å². The highest BCUT2D eigenvalue weighted by Crippen LogP contribution is 2.28. The molecular weight excluding hydrogens is 602 g/mol. The lowest BCUT2D eigenvalue weighted by molar-refractivity contribution is -0.115. The molecule has 0 bridgehead atoms. The second-order valence-corrected chi connectivity index (χ2v) is 11.1. The number of amides is 3. The van der Waals surface area contributed by atoms with Crippen LogP contribution in [0, 0.1) is 0 Å². The maximum atomic E-state index is 13.3. The van der Waals surface area contributed by atoms with Crippen molar-refractivity contribution in [1.29, 1.82) is 0 Å². The fourth-order valence-corrected chi connectivity index (χ4v) is 5.00. The van der Waals surface area contributed by atoms with Gasteiger partial charge in [0.25, 0.3) is 11.8 Å². The SMILES string of the molecule is COc1ccccc1/C=C(\NC(=O)c1ccccc1)C(=O)Nc1ccc(SC(C)C(=O)Nc2ccccc2Br)cc1. The van der Waals surface area contributed by atoms with Gasteiger partial charge in [0, 0.05) is 26.2 Å². The minimum Gasteiger partial charge on any atom is -0.496 e.